The molecule has 1 fully saturated rings. The summed E-state index contributed by atoms with van der Waals surface area (Å²) in [5.41, 5.74) is 0. The van der Waals surface area contributed by atoms with Gasteiger partial charge in [0, 0.05) is 19.0 Å². The summed E-state index contributed by atoms with van der Waals surface area (Å²) in [7, 11) is 1.92. The third-order valence-electron chi connectivity index (χ3n) is 4.40. The van der Waals surface area contributed by atoms with E-state index in [-0.39, 0.29) is 5.91 Å². The summed E-state index contributed by atoms with van der Waals surface area (Å²) in [4.78, 5) is 14.4. The maximum absolute atomic E-state index is 11.8. The van der Waals surface area contributed by atoms with Crippen molar-refractivity contribution < 1.29 is 4.79 Å². The monoisotopic (exact) mass is 283 g/mol. The highest BCUT2D eigenvalue weighted by Crippen LogP contribution is 2.21. The van der Waals surface area contributed by atoms with Crippen LogP contribution in [0.4, 0.5) is 0 Å². The predicted octanol–water partition coefficient (Wildman–Crippen LogP) is 1.86. The lowest BCUT2D eigenvalue weighted by Gasteiger charge is -2.38. The SMILES string of the molecule is CNCCCC(=O)NCC(C(C)C)N1CCC(C)CC1. The Morgan fingerprint density at radius 2 is 1.95 bits per heavy atom. The molecule has 4 nitrogen and oxygen atoms in total. The van der Waals surface area contributed by atoms with Gasteiger partial charge < -0.3 is 10.6 Å². The first kappa shape index (κ1) is 17.4. The number of likely N-dealkylation sites (tertiary alicyclic amines) is 1. The Morgan fingerprint density at radius 3 is 2.50 bits per heavy atom. The number of nitrogens with zero attached hydrogens (tertiary/aromatic N) is 1. The van der Waals surface area contributed by atoms with Crippen LogP contribution in [0, 0.1) is 11.8 Å². The van der Waals surface area contributed by atoms with Crippen molar-refractivity contribution in [2.75, 3.05) is 33.2 Å². The molecule has 1 heterocycles. The van der Waals surface area contributed by atoms with E-state index in [1.54, 1.807) is 0 Å². The molecule has 4 heteroatoms. The number of hydrogen-bond acceptors (Lipinski definition) is 3. The number of carbonyl (C=O) groups is 1. The zero-order chi connectivity index (χ0) is 15.0. The van der Waals surface area contributed by atoms with E-state index in [0.29, 0.717) is 18.4 Å². The van der Waals surface area contributed by atoms with Gasteiger partial charge in [-0.3, -0.25) is 9.69 Å². The van der Waals surface area contributed by atoms with Crippen LogP contribution >= 0.6 is 0 Å². The summed E-state index contributed by atoms with van der Waals surface area (Å²) in [6.07, 6.45) is 4.12. The number of piperidine rings is 1. The summed E-state index contributed by atoms with van der Waals surface area (Å²) < 4.78 is 0. The van der Waals surface area contributed by atoms with Gasteiger partial charge in [0.2, 0.25) is 5.91 Å². The predicted molar refractivity (Wildman–Crippen MR) is 84.8 cm³/mol. The van der Waals surface area contributed by atoms with Gasteiger partial charge in [0.15, 0.2) is 0 Å². The average Bonchev–Trinajstić information content (AvgIpc) is 2.41. The summed E-state index contributed by atoms with van der Waals surface area (Å²) in [5.74, 6) is 1.63. The molecule has 1 atom stereocenters. The quantitative estimate of drug-likeness (QED) is 0.668. The van der Waals surface area contributed by atoms with Crippen LogP contribution in [0.5, 0.6) is 0 Å². The minimum absolute atomic E-state index is 0.191. The maximum atomic E-state index is 11.8. The van der Waals surface area contributed by atoms with Crippen LogP contribution in [0.2, 0.25) is 0 Å². The van der Waals surface area contributed by atoms with E-state index in [9.17, 15) is 4.79 Å². The first-order chi connectivity index (χ1) is 9.54. The molecule has 118 valence electrons. The first-order valence-electron chi connectivity index (χ1n) is 8.20. The van der Waals surface area contributed by atoms with Crippen molar-refractivity contribution in [1.29, 1.82) is 0 Å². The fourth-order valence-corrected chi connectivity index (χ4v) is 2.88. The first-order valence-corrected chi connectivity index (χ1v) is 8.20. The number of hydrogen-bond donors (Lipinski definition) is 2. The van der Waals surface area contributed by atoms with E-state index in [0.717, 1.165) is 25.4 Å². The second-order valence-electron chi connectivity index (χ2n) is 6.54. The Bertz CT molecular complexity index is 273. The molecule has 1 aliphatic rings. The van der Waals surface area contributed by atoms with Gasteiger partial charge in [0.05, 0.1) is 0 Å². The molecule has 1 saturated heterocycles. The molecule has 2 N–H and O–H groups in total. The van der Waals surface area contributed by atoms with Crippen molar-refractivity contribution in [2.45, 2.75) is 52.5 Å². The van der Waals surface area contributed by atoms with Crippen LogP contribution in [0.25, 0.3) is 0 Å². The summed E-state index contributed by atoms with van der Waals surface area (Å²) in [6, 6.07) is 0.482. The number of amides is 1. The molecule has 0 aliphatic carbocycles. The number of carbonyl (C=O) groups excluding carboxylic acids is 1. The highest BCUT2D eigenvalue weighted by atomic mass is 16.1. The van der Waals surface area contributed by atoms with Crippen molar-refractivity contribution in [1.82, 2.24) is 15.5 Å². The number of nitrogens with one attached hydrogen (secondary N) is 2. The van der Waals surface area contributed by atoms with E-state index >= 15 is 0 Å². The Kier molecular flexibility index (Phi) is 8.15. The third kappa shape index (κ3) is 6.23. The Morgan fingerprint density at radius 1 is 1.30 bits per heavy atom. The van der Waals surface area contributed by atoms with Gasteiger partial charge in [0.25, 0.3) is 0 Å². The van der Waals surface area contributed by atoms with Gasteiger partial charge in [-0.05, 0) is 57.8 Å². The van der Waals surface area contributed by atoms with E-state index in [4.69, 9.17) is 0 Å². The Balaban J connectivity index is 2.33. The summed E-state index contributed by atoms with van der Waals surface area (Å²) >= 11 is 0. The van der Waals surface area contributed by atoms with Crippen LogP contribution < -0.4 is 10.6 Å². The van der Waals surface area contributed by atoms with Crippen LogP contribution in [-0.4, -0.2) is 50.1 Å². The highest BCUT2D eigenvalue weighted by molar-refractivity contribution is 5.75. The molecule has 1 rings (SSSR count). The van der Waals surface area contributed by atoms with Crippen LogP contribution in [0.15, 0.2) is 0 Å². The highest BCUT2D eigenvalue weighted by Gasteiger charge is 2.25. The third-order valence-corrected chi connectivity index (χ3v) is 4.40. The molecule has 0 bridgehead atoms. The van der Waals surface area contributed by atoms with Gasteiger partial charge in [-0.25, -0.2) is 0 Å². The van der Waals surface area contributed by atoms with Gasteiger partial charge in [-0.15, -0.1) is 0 Å². The summed E-state index contributed by atoms with van der Waals surface area (Å²) in [5, 5.41) is 6.20. The molecule has 0 saturated carbocycles. The molecule has 0 aromatic rings. The number of rotatable bonds is 8. The van der Waals surface area contributed by atoms with Crippen molar-refractivity contribution in [2.24, 2.45) is 11.8 Å². The zero-order valence-corrected chi connectivity index (χ0v) is 13.7. The fourth-order valence-electron chi connectivity index (χ4n) is 2.88. The second kappa shape index (κ2) is 9.35. The molecule has 20 heavy (non-hydrogen) atoms. The molecular weight excluding hydrogens is 250 g/mol. The Labute approximate surface area is 124 Å². The minimum Gasteiger partial charge on any atom is -0.355 e. The molecule has 0 spiro atoms. The second-order valence-corrected chi connectivity index (χ2v) is 6.54. The smallest absolute Gasteiger partial charge is 0.220 e. The van der Waals surface area contributed by atoms with Gasteiger partial charge in [-0.1, -0.05) is 20.8 Å². The van der Waals surface area contributed by atoms with E-state index < -0.39 is 0 Å². The molecule has 0 aromatic heterocycles. The van der Waals surface area contributed by atoms with Gasteiger partial charge in [-0.2, -0.15) is 0 Å². The van der Waals surface area contributed by atoms with Gasteiger partial charge >= 0.3 is 0 Å². The standard InChI is InChI=1S/C16H33N3O/c1-13(2)15(19-10-7-14(3)8-11-19)12-18-16(20)6-5-9-17-4/h13-15,17H,5-12H2,1-4H3,(H,18,20). The van der Waals surface area contributed by atoms with E-state index in [1.165, 1.54) is 25.9 Å². The lowest BCUT2D eigenvalue weighted by Crippen LogP contribution is -2.49. The van der Waals surface area contributed by atoms with Crippen LogP contribution in [0.3, 0.4) is 0 Å². The largest absolute Gasteiger partial charge is 0.355 e. The topological polar surface area (TPSA) is 44.4 Å². The normalized spacial score (nSPS) is 19.2. The molecule has 0 aromatic carbocycles. The molecule has 1 aliphatic heterocycles. The molecular formula is C16H33N3O. The molecule has 0 radical (unpaired) electrons. The minimum atomic E-state index is 0.191. The van der Waals surface area contributed by atoms with Crippen molar-refractivity contribution in [3.8, 4) is 0 Å². The van der Waals surface area contributed by atoms with E-state index in [1.807, 2.05) is 7.05 Å². The Hall–Kier alpha value is -0.610. The van der Waals surface area contributed by atoms with Crippen molar-refractivity contribution in [3.05, 3.63) is 0 Å². The summed E-state index contributed by atoms with van der Waals surface area (Å²) in [6.45, 7) is 10.9. The zero-order valence-electron chi connectivity index (χ0n) is 13.7. The van der Waals surface area contributed by atoms with Crippen molar-refractivity contribution >= 4 is 5.91 Å². The van der Waals surface area contributed by atoms with Crippen LogP contribution in [-0.2, 0) is 4.79 Å². The molecule has 1 unspecified atom stereocenters. The van der Waals surface area contributed by atoms with Gasteiger partial charge in [0.1, 0.15) is 0 Å². The molecule has 1 amide bonds. The lowest BCUT2D eigenvalue weighted by atomic mass is 9.94. The van der Waals surface area contributed by atoms with Crippen molar-refractivity contribution in [3.63, 3.8) is 0 Å². The fraction of sp³-hybridized carbons (Fsp3) is 0.938. The van der Waals surface area contributed by atoms with Crippen LogP contribution in [0.1, 0.15) is 46.5 Å². The average molecular weight is 283 g/mol. The lowest BCUT2D eigenvalue weighted by molar-refractivity contribution is -0.121. The van der Waals surface area contributed by atoms with E-state index in [2.05, 4.69) is 36.3 Å². The maximum Gasteiger partial charge on any atom is 0.220 e.